The van der Waals surface area contributed by atoms with Gasteiger partial charge in [-0.05, 0) is 13.0 Å². The predicted molar refractivity (Wildman–Crippen MR) is 57.9 cm³/mol. The Morgan fingerprint density at radius 1 is 1.47 bits per heavy atom. The minimum atomic E-state index is 0.435. The fraction of sp³-hybridized carbons (Fsp3) is 0.500. The van der Waals surface area contributed by atoms with Gasteiger partial charge in [-0.15, -0.1) is 5.10 Å². The van der Waals surface area contributed by atoms with E-state index in [1.54, 1.807) is 6.33 Å². The van der Waals surface area contributed by atoms with Gasteiger partial charge in [-0.2, -0.15) is 0 Å². The van der Waals surface area contributed by atoms with Crippen LogP contribution in [0.1, 0.15) is 6.42 Å². The van der Waals surface area contributed by atoms with E-state index in [0.717, 1.165) is 35.7 Å². The fourth-order valence-electron chi connectivity index (χ4n) is 1.70. The summed E-state index contributed by atoms with van der Waals surface area (Å²) in [6.45, 7) is 2.03. The van der Waals surface area contributed by atoms with Gasteiger partial charge in [0.15, 0.2) is 16.2 Å². The zero-order valence-corrected chi connectivity index (χ0v) is 8.79. The van der Waals surface area contributed by atoms with Gasteiger partial charge in [0, 0.05) is 24.1 Å². The van der Waals surface area contributed by atoms with E-state index >= 15 is 0 Å². The Bertz CT molecular complexity index is 463. The number of nitrogens with one attached hydrogen (secondary N) is 2. The lowest BCUT2D eigenvalue weighted by Gasteiger charge is -2.11. The monoisotopic (exact) mass is 222 g/mol. The number of hydrogen-bond acceptors (Lipinski definition) is 7. The van der Waals surface area contributed by atoms with Crippen LogP contribution in [0.2, 0.25) is 0 Å². The van der Waals surface area contributed by atoms with Gasteiger partial charge in [0.2, 0.25) is 0 Å². The molecule has 3 heterocycles. The van der Waals surface area contributed by atoms with Crippen LogP contribution < -0.4 is 10.6 Å². The number of nitrogens with zero attached hydrogens (tertiary/aromatic N) is 4. The van der Waals surface area contributed by atoms with E-state index in [4.69, 9.17) is 0 Å². The molecule has 6 nitrogen and oxygen atoms in total. The highest BCUT2D eigenvalue weighted by Crippen LogP contribution is 2.20. The van der Waals surface area contributed by atoms with E-state index < -0.39 is 0 Å². The summed E-state index contributed by atoms with van der Waals surface area (Å²) < 4.78 is 3.87. The van der Waals surface area contributed by atoms with E-state index in [9.17, 15) is 0 Å². The molecule has 0 bridgehead atoms. The molecule has 0 amide bonds. The molecule has 0 saturated carbocycles. The van der Waals surface area contributed by atoms with Gasteiger partial charge < -0.3 is 10.6 Å². The molecule has 0 spiro atoms. The van der Waals surface area contributed by atoms with Crippen molar-refractivity contribution >= 4 is 27.7 Å². The van der Waals surface area contributed by atoms with Crippen LogP contribution in [0.25, 0.3) is 10.3 Å². The van der Waals surface area contributed by atoms with Crippen LogP contribution in [-0.4, -0.2) is 38.7 Å². The molecule has 1 fully saturated rings. The zero-order chi connectivity index (χ0) is 10.1. The Labute approximate surface area is 90.3 Å². The van der Waals surface area contributed by atoms with Gasteiger partial charge >= 0.3 is 0 Å². The number of aromatic nitrogens is 4. The molecule has 0 radical (unpaired) electrons. The largest absolute Gasteiger partial charge is 0.364 e. The SMILES string of the molecule is c1nc(NC2CCNC2)c2nnsc2n1. The Morgan fingerprint density at radius 3 is 3.33 bits per heavy atom. The Kier molecular flexibility index (Phi) is 2.18. The number of anilines is 1. The molecule has 2 N–H and O–H groups in total. The normalized spacial score (nSPS) is 20.9. The van der Waals surface area contributed by atoms with Crippen molar-refractivity contribution in [3.63, 3.8) is 0 Å². The molecule has 1 atom stereocenters. The van der Waals surface area contributed by atoms with Crippen LogP contribution >= 0.6 is 11.5 Å². The molecule has 7 heteroatoms. The average Bonchev–Trinajstić information content (AvgIpc) is 2.87. The zero-order valence-electron chi connectivity index (χ0n) is 7.97. The average molecular weight is 222 g/mol. The van der Waals surface area contributed by atoms with Crippen LogP contribution in [0.5, 0.6) is 0 Å². The quantitative estimate of drug-likeness (QED) is 0.759. The van der Waals surface area contributed by atoms with Crippen molar-refractivity contribution in [3.05, 3.63) is 6.33 Å². The lowest BCUT2D eigenvalue weighted by atomic mass is 10.2. The standard InChI is InChI=1S/C8H10N6S/c1-2-9-3-5(1)12-7-6-8(11-4-10-7)15-14-13-6/h4-5,9H,1-3H2,(H,10,11,12). The molecule has 78 valence electrons. The lowest BCUT2D eigenvalue weighted by molar-refractivity contribution is 0.788. The van der Waals surface area contributed by atoms with Crippen LogP contribution in [-0.2, 0) is 0 Å². The first-order valence-corrected chi connectivity index (χ1v) is 5.61. The second-order valence-corrected chi connectivity index (χ2v) is 4.22. The van der Waals surface area contributed by atoms with E-state index in [0.29, 0.717) is 6.04 Å². The second-order valence-electron chi connectivity index (χ2n) is 3.48. The van der Waals surface area contributed by atoms with Crippen molar-refractivity contribution in [1.29, 1.82) is 0 Å². The summed E-state index contributed by atoms with van der Waals surface area (Å²) in [6, 6.07) is 0.435. The van der Waals surface area contributed by atoms with Crippen LogP contribution in [0.15, 0.2) is 6.33 Å². The highest BCUT2D eigenvalue weighted by molar-refractivity contribution is 7.12. The van der Waals surface area contributed by atoms with Gasteiger partial charge in [0.1, 0.15) is 6.33 Å². The molecular weight excluding hydrogens is 212 g/mol. The summed E-state index contributed by atoms with van der Waals surface area (Å²) in [4.78, 5) is 9.13. The number of hydrogen-bond donors (Lipinski definition) is 2. The molecule has 2 aromatic heterocycles. The van der Waals surface area contributed by atoms with Gasteiger partial charge in [-0.1, -0.05) is 4.49 Å². The highest BCUT2D eigenvalue weighted by Gasteiger charge is 2.16. The number of fused-ring (bicyclic) bond motifs is 1. The summed E-state index contributed by atoms with van der Waals surface area (Å²) in [6.07, 6.45) is 2.66. The van der Waals surface area contributed by atoms with Crippen molar-refractivity contribution in [2.24, 2.45) is 0 Å². The van der Waals surface area contributed by atoms with Gasteiger partial charge in [-0.25, -0.2) is 9.97 Å². The minimum Gasteiger partial charge on any atom is -0.364 e. The summed E-state index contributed by atoms with van der Waals surface area (Å²) in [5, 5.41) is 10.7. The lowest BCUT2D eigenvalue weighted by Crippen LogP contribution is -2.22. The molecule has 15 heavy (non-hydrogen) atoms. The van der Waals surface area contributed by atoms with Crippen molar-refractivity contribution in [3.8, 4) is 0 Å². The van der Waals surface area contributed by atoms with E-state index in [2.05, 4.69) is 30.2 Å². The summed E-state index contributed by atoms with van der Waals surface area (Å²) in [5.74, 6) is 0.794. The molecule has 0 aliphatic carbocycles. The molecule has 1 unspecified atom stereocenters. The first-order chi connectivity index (χ1) is 7.43. The van der Waals surface area contributed by atoms with E-state index in [-0.39, 0.29) is 0 Å². The predicted octanol–water partition coefficient (Wildman–Crippen LogP) is 0.255. The Hall–Kier alpha value is -1.34. The van der Waals surface area contributed by atoms with Gasteiger partial charge in [0.05, 0.1) is 0 Å². The third-order valence-corrected chi connectivity index (χ3v) is 3.09. The van der Waals surface area contributed by atoms with Gasteiger partial charge in [0.25, 0.3) is 0 Å². The van der Waals surface area contributed by atoms with E-state index in [1.807, 2.05) is 0 Å². The minimum absolute atomic E-state index is 0.435. The third kappa shape index (κ3) is 1.64. The maximum Gasteiger partial charge on any atom is 0.169 e. The first-order valence-electron chi connectivity index (χ1n) is 4.84. The topological polar surface area (TPSA) is 75.6 Å². The molecule has 3 rings (SSSR count). The Morgan fingerprint density at radius 2 is 2.47 bits per heavy atom. The summed E-state index contributed by atoms with van der Waals surface area (Å²) in [5.41, 5.74) is 0.773. The molecule has 0 aromatic carbocycles. The third-order valence-electron chi connectivity index (χ3n) is 2.46. The first kappa shape index (κ1) is 8.93. The van der Waals surface area contributed by atoms with E-state index in [1.165, 1.54) is 11.5 Å². The summed E-state index contributed by atoms with van der Waals surface area (Å²) in [7, 11) is 0. The van der Waals surface area contributed by atoms with Crippen molar-refractivity contribution in [2.45, 2.75) is 12.5 Å². The smallest absolute Gasteiger partial charge is 0.169 e. The fourth-order valence-corrected chi connectivity index (χ4v) is 2.21. The second kappa shape index (κ2) is 3.67. The maximum atomic E-state index is 4.20. The molecule has 1 saturated heterocycles. The molecule has 1 aliphatic heterocycles. The van der Waals surface area contributed by atoms with Crippen molar-refractivity contribution in [1.82, 2.24) is 24.9 Å². The molecular formula is C8H10N6S. The van der Waals surface area contributed by atoms with Crippen molar-refractivity contribution < 1.29 is 0 Å². The van der Waals surface area contributed by atoms with Crippen LogP contribution in [0.4, 0.5) is 5.82 Å². The molecule has 2 aromatic rings. The number of rotatable bonds is 2. The van der Waals surface area contributed by atoms with Crippen LogP contribution in [0, 0.1) is 0 Å². The van der Waals surface area contributed by atoms with Gasteiger partial charge in [-0.3, -0.25) is 0 Å². The molecule has 1 aliphatic rings. The van der Waals surface area contributed by atoms with Crippen molar-refractivity contribution in [2.75, 3.05) is 18.4 Å². The maximum absolute atomic E-state index is 4.20. The Balaban J connectivity index is 1.92. The highest BCUT2D eigenvalue weighted by atomic mass is 32.1. The summed E-state index contributed by atoms with van der Waals surface area (Å²) >= 11 is 1.29. The van der Waals surface area contributed by atoms with Crippen LogP contribution in [0.3, 0.4) is 0 Å².